The van der Waals surface area contributed by atoms with Crippen LogP contribution in [0.4, 0.5) is 5.69 Å². The number of hydrogen-bond donors (Lipinski definition) is 3. The zero-order chi connectivity index (χ0) is 20.8. The molecule has 1 heterocycles. The van der Waals surface area contributed by atoms with Crippen molar-refractivity contribution in [3.8, 4) is 5.75 Å². The Kier molecular flexibility index (Phi) is 7.36. The summed E-state index contributed by atoms with van der Waals surface area (Å²) in [6.07, 6.45) is 1.47. The van der Waals surface area contributed by atoms with Gasteiger partial charge in [0, 0.05) is 19.2 Å². The molecule has 0 bridgehead atoms. The van der Waals surface area contributed by atoms with Crippen LogP contribution in [0, 0.1) is 5.92 Å². The molecule has 0 saturated carbocycles. The first-order valence-corrected chi connectivity index (χ1v) is 10.2. The number of benzene rings is 2. The lowest BCUT2D eigenvalue weighted by Crippen LogP contribution is -2.40. The SMILES string of the molecule is COc1cc(N)c(Cl)cc1C(=O)NCC1CCN(C[C@H](O)c2ccccc2)CC1. The number of anilines is 1. The zero-order valence-corrected chi connectivity index (χ0v) is 17.4. The van der Waals surface area contributed by atoms with Crippen LogP contribution in [0.2, 0.25) is 5.02 Å². The van der Waals surface area contributed by atoms with Crippen molar-refractivity contribution >= 4 is 23.2 Å². The van der Waals surface area contributed by atoms with E-state index < -0.39 is 6.10 Å². The van der Waals surface area contributed by atoms with Crippen molar-refractivity contribution in [1.82, 2.24) is 10.2 Å². The molecule has 0 aromatic heterocycles. The molecule has 2 aromatic carbocycles. The van der Waals surface area contributed by atoms with Crippen LogP contribution in [0.1, 0.15) is 34.9 Å². The summed E-state index contributed by atoms with van der Waals surface area (Å²) in [5.41, 5.74) is 7.48. The summed E-state index contributed by atoms with van der Waals surface area (Å²) < 4.78 is 5.25. The summed E-state index contributed by atoms with van der Waals surface area (Å²) in [6, 6.07) is 12.8. The molecule has 0 unspecified atom stereocenters. The predicted octanol–water partition coefficient (Wildman–Crippen LogP) is 3.11. The summed E-state index contributed by atoms with van der Waals surface area (Å²) in [5, 5.41) is 13.7. The molecular weight excluding hydrogens is 390 g/mol. The standard InChI is InChI=1S/C22H28ClN3O3/c1-29-21-12-19(24)18(23)11-17(21)22(28)25-13-15-7-9-26(10-8-15)14-20(27)16-5-3-2-4-6-16/h2-6,11-12,15,20,27H,7-10,13-14,24H2,1H3,(H,25,28)/t20-/m0/s1. The molecule has 0 radical (unpaired) electrons. The van der Waals surface area contributed by atoms with E-state index in [-0.39, 0.29) is 5.91 Å². The average molecular weight is 418 g/mol. The van der Waals surface area contributed by atoms with Gasteiger partial charge in [-0.3, -0.25) is 4.79 Å². The molecule has 0 spiro atoms. The first-order chi connectivity index (χ1) is 14.0. The fourth-order valence-electron chi connectivity index (χ4n) is 3.65. The highest BCUT2D eigenvalue weighted by Crippen LogP contribution is 2.29. The van der Waals surface area contributed by atoms with Gasteiger partial charge in [0.05, 0.1) is 29.5 Å². The molecule has 1 atom stereocenters. The number of methoxy groups -OCH3 is 1. The van der Waals surface area contributed by atoms with Gasteiger partial charge in [0.15, 0.2) is 0 Å². The smallest absolute Gasteiger partial charge is 0.255 e. The number of nitrogens with one attached hydrogen (secondary N) is 1. The van der Waals surface area contributed by atoms with Gasteiger partial charge in [0.2, 0.25) is 0 Å². The van der Waals surface area contributed by atoms with Gasteiger partial charge in [0.25, 0.3) is 5.91 Å². The number of halogens is 1. The third-order valence-electron chi connectivity index (χ3n) is 5.44. The number of carbonyl (C=O) groups excluding carboxylic acids is 1. The minimum atomic E-state index is -0.477. The third kappa shape index (κ3) is 5.63. The molecule has 1 fully saturated rings. The number of ether oxygens (including phenoxy) is 1. The second kappa shape index (κ2) is 9.96. The molecule has 1 aliphatic rings. The number of likely N-dealkylation sites (tertiary alicyclic amines) is 1. The van der Waals surface area contributed by atoms with E-state index in [0.717, 1.165) is 31.5 Å². The molecule has 2 aromatic rings. The fourth-order valence-corrected chi connectivity index (χ4v) is 3.81. The monoisotopic (exact) mass is 417 g/mol. The van der Waals surface area contributed by atoms with E-state index in [2.05, 4.69) is 10.2 Å². The lowest BCUT2D eigenvalue weighted by Gasteiger charge is -2.33. The number of aliphatic hydroxyl groups is 1. The number of nitrogens with zero attached hydrogens (tertiary/aromatic N) is 1. The number of rotatable bonds is 7. The van der Waals surface area contributed by atoms with Gasteiger partial charge < -0.3 is 25.8 Å². The fraction of sp³-hybridized carbons (Fsp3) is 0.409. The number of β-amino-alcohol motifs (C(OH)–C–C–N with tert-alkyl or cyclic N) is 1. The minimum Gasteiger partial charge on any atom is -0.496 e. The molecule has 7 heteroatoms. The first-order valence-electron chi connectivity index (χ1n) is 9.84. The molecule has 4 N–H and O–H groups in total. The maximum Gasteiger partial charge on any atom is 0.255 e. The molecular formula is C22H28ClN3O3. The Hall–Kier alpha value is -2.28. The maximum atomic E-state index is 12.6. The number of carbonyl (C=O) groups is 1. The molecule has 1 amide bonds. The van der Waals surface area contributed by atoms with E-state index in [1.807, 2.05) is 30.3 Å². The summed E-state index contributed by atoms with van der Waals surface area (Å²) in [4.78, 5) is 14.8. The van der Waals surface area contributed by atoms with Gasteiger partial charge in [0.1, 0.15) is 5.75 Å². The minimum absolute atomic E-state index is 0.217. The highest BCUT2D eigenvalue weighted by molar-refractivity contribution is 6.33. The van der Waals surface area contributed by atoms with Crippen molar-refractivity contribution in [3.63, 3.8) is 0 Å². The van der Waals surface area contributed by atoms with Gasteiger partial charge in [-0.05, 0) is 43.5 Å². The molecule has 6 nitrogen and oxygen atoms in total. The Balaban J connectivity index is 1.46. The summed E-state index contributed by atoms with van der Waals surface area (Å²) >= 11 is 6.05. The highest BCUT2D eigenvalue weighted by Gasteiger charge is 2.23. The van der Waals surface area contributed by atoms with Crippen LogP contribution in [0.15, 0.2) is 42.5 Å². The van der Waals surface area contributed by atoms with Gasteiger partial charge in [-0.2, -0.15) is 0 Å². The Bertz CT molecular complexity index is 824. The van der Waals surface area contributed by atoms with Crippen molar-refractivity contribution in [2.24, 2.45) is 5.92 Å². The second-order valence-electron chi connectivity index (χ2n) is 7.45. The van der Waals surface area contributed by atoms with Gasteiger partial charge in [-0.25, -0.2) is 0 Å². The van der Waals surface area contributed by atoms with Crippen molar-refractivity contribution in [2.45, 2.75) is 18.9 Å². The summed E-state index contributed by atoms with van der Waals surface area (Å²) in [7, 11) is 1.50. The number of aliphatic hydroxyl groups excluding tert-OH is 1. The largest absolute Gasteiger partial charge is 0.496 e. The van der Waals surface area contributed by atoms with Crippen LogP contribution in [0.3, 0.4) is 0 Å². The zero-order valence-electron chi connectivity index (χ0n) is 16.6. The first kappa shape index (κ1) is 21.4. The van der Waals surface area contributed by atoms with Crippen LogP contribution in [0.25, 0.3) is 0 Å². The maximum absolute atomic E-state index is 12.6. The quantitative estimate of drug-likeness (QED) is 0.602. The third-order valence-corrected chi connectivity index (χ3v) is 5.76. The molecule has 1 aliphatic heterocycles. The van der Waals surface area contributed by atoms with Gasteiger partial charge >= 0.3 is 0 Å². The van der Waals surface area contributed by atoms with E-state index in [1.54, 1.807) is 12.1 Å². The molecule has 0 aliphatic carbocycles. The van der Waals surface area contributed by atoms with Gasteiger partial charge in [-0.1, -0.05) is 41.9 Å². The second-order valence-corrected chi connectivity index (χ2v) is 7.86. The Morgan fingerprint density at radius 2 is 2.00 bits per heavy atom. The topological polar surface area (TPSA) is 87.8 Å². The van der Waals surface area contributed by atoms with E-state index >= 15 is 0 Å². The van der Waals surface area contributed by atoms with Crippen LogP contribution >= 0.6 is 11.6 Å². The average Bonchev–Trinajstić information content (AvgIpc) is 2.75. The normalized spacial score (nSPS) is 16.4. The summed E-state index contributed by atoms with van der Waals surface area (Å²) in [5.74, 6) is 0.596. The van der Waals surface area contributed by atoms with Gasteiger partial charge in [-0.15, -0.1) is 0 Å². The van der Waals surface area contributed by atoms with E-state index in [1.165, 1.54) is 7.11 Å². The predicted molar refractivity (Wildman–Crippen MR) is 115 cm³/mol. The van der Waals surface area contributed by atoms with Crippen LogP contribution in [0.5, 0.6) is 5.75 Å². The van der Waals surface area contributed by atoms with E-state index in [4.69, 9.17) is 22.1 Å². The number of amides is 1. The van der Waals surface area contributed by atoms with Crippen LogP contribution < -0.4 is 15.8 Å². The number of piperidine rings is 1. The Morgan fingerprint density at radius 1 is 1.31 bits per heavy atom. The molecule has 29 heavy (non-hydrogen) atoms. The molecule has 1 saturated heterocycles. The molecule has 156 valence electrons. The van der Waals surface area contributed by atoms with Crippen molar-refractivity contribution in [3.05, 3.63) is 58.6 Å². The number of hydrogen-bond acceptors (Lipinski definition) is 5. The Labute approximate surface area is 176 Å². The molecule has 3 rings (SSSR count). The summed E-state index contributed by atoms with van der Waals surface area (Å²) in [6.45, 7) is 3.03. The lowest BCUT2D eigenvalue weighted by atomic mass is 9.96. The van der Waals surface area contributed by atoms with Crippen molar-refractivity contribution in [1.29, 1.82) is 0 Å². The Morgan fingerprint density at radius 3 is 2.66 bits per heavy atom. The number of nitrogens with two attached hydrogens (primary N) is 1. The van der Waals surface area contributed by atoms with E-state index in [9.17, 15) is 9.90 Å². The highest BCUT2D eigenvalue weighted by atomic mass is 35.5. The van der Waals surface area contributed by atoms with Crippen molar-refractivity contribution < 1.29 is 14.6 Å². The van der Waals surface area contributed by atoms with Crippen molar-refractivity contribution in [2.75, 3.05) is 39.0 Å². The van der Waals surface area contributed by atoms with Crippen LogP contribution in [-0.4, -0.2) is 49.2 Å². The van der Waals surface area contributed by atoms with Crippen LogP contribution in [-0.2, 0) is 0 Å². The lowest BCUT2D eigenvalue weighted by molar-refractivity contribution is 0.0851. The number of nitrogen functional groups attached to an aromatic ring is 1. The van der Waals surface area contributed by atoms with E-state index in [0.29, 0.717) is 41.0 Å².